The molecule has 2 rings (SSSR count). The van der Waals surface area contributed by atoms with Crippen LogP contribution in [-0.2, 0) is 9.47 Å². The number of aromatic amines is 1. The summed E-state index contributed by atoms with van der Waals surface area (Å²) >= 11 is 0. The predicted octanol–water partition coefficient (Wildman–Crippen LogP) is -0.200. The monoisotopic (exact) mass is 269 g/mol. The summed E-state index contributed by atoms with van der Waals surface area (Å²) in [5, 5.41) is 19.2. The van der Waals surface area contributed by atoms with E-state index in [0.29, 0.717) is 11.3 Å². The van der Waals surface area contributed by atoms with Gasteiger partial charge in [0.15, 0.2) is 0 Å². The summed E-state index contributed by atoms with van der Waals surface area (Å²) in [6.45, 7) is 3.20. The van der Waals surface area contributed by atoms with Gasteiger partial charge < -0.3 is 24.7 Å². The van der Waals surface area contributed by atoms with Crippen molar-refractivity contribution in [2.24, 2.45) is 0 Å². The number of hydrogen-bond acceptors (Lipinski definition) is 5. The number of methoxy groups -OCH3 is 1. The van der Waals surface area contributed by atoms with Crippen molar-refractivity contribution in [2.45, 2.75) is 38.3 Å². The maximum absolute atomic E-state index is 11.5. The number of nitrogens with one attached hydrogen (secondary N) is 1. The topological polar surface area (TPSA) is 91.8 Å². The van der Waals surface area contributed by atoms with E-state index in [1.54, 1.807) is 19.9 Å². The first kappa shape index (κ1) is 14.2. The van der Waals surface area contributed by atoms with Crippen LogP contribution in [-0.4, -0.2) is 47.2 Å². The first-order valence-corrected chi connectivity index (χ1v) is 6.17. The maximum Gasteiger partial charge on any atom is 0.251 e. The summed E-state index contributed by atoms with van der Waals surface area (Å²) in [4.78, 5) is 14.3. The van der Waals surface area contributed by atoms with E-state index in [2.05, 4.69) is 4.98 Å². The molecule has 6 nitrogen and oxygen atoms in total. The third-order valence-electron chi connectivity index (χ3n) is 3.56. The molecule has 4 atom stereocenters. The van der Waals surface area contributed by atoms with Gasteiger partial charge in [0, 0.05) is 23.9 Å². The van der Waals surface area contributed by atoms with Crippen LogP contribution in [0.4, 0.5) is 0 Å². The fourth-order valence-electron chi connectivity index (χ4n) is 2.44. The number of pyridine rings is 1. The van der Waals surface area contributed by atoms with Gasteiger partial charge in [-0.25, -0.2) is 0 Å². The number of ether oxygens (including phenoxy) is 2. The summed E-state index contributed by atoms with van der Waals surface area (Å²) in [6.07, 6.45) is -2.65. The zero-order chi connectivity index (χ0) is 14.2. The minimum atomic E-state index is -0.897. The number of hydrogen-bond donors (Lipinski definition) is 3. The van der Waals surface area contributed by atoms with Gasteiger partial charge in [-0.05, 0) is 19.9 Å². The highest BCUT2D eigenvalue weighted by Gasteiger charge is 2.45. The van der Waals surface area contributed by atoms with E-state index in [9.17, 15) is 15.0 Å². The summed E-state index contributed by atoms with van der Waals surface area (Å²) in [6, 6.07) is 1.73. The molecule has 0 spiro atoms. The van der Waals surface area contributed by atoms with Gasteiger partial charge in [0.25, 0.3) is 5.56 Å². The van der Waals surface area contributed by atoms with E-state index < -0.39 is 24.4 Å². The van der Waals surface area contributed by atoms with E-state index in [4.69, 9.17) is 9.47 Å². The van der Waals surface area contributed by atoms with Crippen LogP contribution in [0.15, 0.2) is 10.9 Å². The van der Waals surface area contributed by atoms with Crippen LogP contribution in [0.2, 0.25) is 0 Å². The minimum absolute atomic E-state index is 0.146. The van der Waals surface area contributed by atoms with E-state index in [1.807, 2.05) is 0 Å². The molecule has 3 N–H and O–H groups in total. The first-order valence-electron chi connectivity index (χ1n) is 6.17. The van der Waals surface area contributed by atoms with E-state index in [0.717, 1.165) is 5.56 Å². The Morgan fingerprint density at radius 2 is 2.16 bits per heavy atom. The fourth-order valence-corrected chi connectivity index (χ4v) is 2.44. The molecule has 1 aliphatic heterocycles. The number of aliphatic hydroxyl groups excluding tert-OH is 2. The molecule has 1 aliphatic rings. The Hall–Kier alpha value is -1.21. The molecule has 19 heavy (non-hydrogen) atoms. The lowest BCUT2D eigenvalue weighted by molar-refractivity contribution is -0.0237. The lowest BCUT2D eigenvalue weighted by atomic mass is 9.99. The van der Waals surface area contributed by atoms with Crippen LogP contribution < -0.4 is 5.56 Å². The summed E-state index contributed by atoms with van der Waals surface area (Å²) in [5.74, 6) is 0. The van der Waals surface area contributed by atoms with E-state index >= 15 is 0 Å². The minimum Gasteiger partial charge on any atom is -0.394 e. The molecular formula is C13H19NO5. The van der Waals surface area contributed by atoms with Crippen LogP contribution >= 0.6 is 0 Å². The van der Waals surface area contributed by atoms with Crippen molar-refractivity contribution in [2.75, 3.05) is 13.7 Å². The average Bonchev–Trinajstić information content (AvgIpc) is 2.70. The van der Waals surface area contributed by atoms with Gasteiger partial charge in [-0.2, -0.15) is 0 Å². The van der Waals surface area contributed by atoms with Crippen LogP contribution in [0.1, 0.15) is 22.9 Å². The Kier molecular flexibility index (Phi) is 4.05. The molecule has 0 aliphatic carbocycles. The second-order valence-corrected chi connectivity index (χ2v) is 4.83. The summed E-state index contributed by atoms with van der Waals surface area (Å²) in [5.41, 5.74) is 1.86. The fraction of sp³-hybridized carbons (Fsp3) is 0.615. The van der Waals surface area contributed by atoms with Crippen molar-refractivity contribution >= 4 is 0 Å². The molecule has 1 aromatic heterocycles. The molecule has 4 unspecified atom stereocenters. The van der Waals surface area contributed by atoms with E-state index in [1.165, 1.54) is 7.11 Å². The molecule has 2 heterocycles. The maximum atomic E-state index is 11.5. The van der Waals surface area contributed by atoms with Gasteiger partial charge in [-0.15, -0.1) is 0 Å². The van der Waals surface area contributed by atoms with Gasteiger partial charge in [0.1, 0.15) is 24.4 Å². The second-order valence-electron chi connectivity index (χ2n) is 4.83. The molecule has 1 saturated heterocycles. The van der Waals surface area contributed by atoms with Gasteiger partial charge in [-0.1, -0.05) is 0 Å². The molecule has 106 valence electrons. The third kappa shape index (κ3) is 2.44. The van der Waals surface area contributed by atoms with Crippen molar-refractivity contribution < 1.29 is 19.7 Å². The Morgan fingerprint density at radius 3 is 2.74 bits per heavy atom. The van der Waals surface area contributed by atoms with Crippen LogP contribution in [0.3, 0.4) is 0 Å². The van der Waals surface area contributed by atoms with Crippen LogP contribution in [0, 0.1) is 13.8 Å². The van der Waals surface area contributed by atoms with Crippen LogP contribution in [0.25, 0.3) is 0 Å². The Bertz CT molecular complexity index is 512. The lowest BCUT2D eigenvalue weighted by Gasteiger charge is -2.20. The molecule has 0 radical (unpaired) electrons. The Morgan fingerprint density at radius 1 is 1.47 bits per heavy atom. The lowest BCUT2D eigenvalue weighted by Crippen LogP contribution is -2.34. The molecule has 0 bridgehead atoms. The zero-order valence-electron chi connectivity index (χ0n) is 11.2. The zero-order valence-corrected chi connectivity index (χ0v) is 11.2. The van der Waals surface area contributed by atoms with Crippen LogP contribution in [0.5, 0.6) is 0 Å². The van der Waals surface area contributed by atoms with Crippen molar-refractivity contribution in [3.8, 4) is 0 Å². The van der Waals surface area contributed by atoms with Gasteiger partial charge in [0.05, 0.1) is 6.61 Å². The summed E-state index contributed by atoms with van der Waals surface area (Å²) < 4.78 is 10.9. The van der Waals surface area contributed by atoms with Gasteiger partial charge in [0.2, 0.25) is 0 Å². The Balaban J connectivity index is 2.41. The Labute approximate surface area is 111 Å². The molecule has 0 aromatic carbocycles. The van der Waals surface area contributed by atoms with Crippen molar-refractivity contribution in [1.29, 1.82) is 0 Å². The van der Waals surface area contributed by atoms with E-state index in [-0.39, 0.29) is 12.2 Å². The normalized spacial score (nSPS) is 30.8. The smallest absolute Gasteiger partial charge is 0.251 e. The van der Waals surface area contributed by atoms with Crippen molar-refractivity contribution in [3.63, 3.8) is 0 Å². The number of aryl methyl sites for hydroxylation is 2. The second kappa shape index (κ2) is 5.42. The number of aliphatic hydroxyl groups is 2. The number of aromatic nitrogens is 1. The molecule has 0 amide bonds. The highest BCUT2D eigenvalue weighted by molar-refractivity contribution is 5.28. The van der Waals surface area contributed by atoms with Gasteiger partial charge >= 0.3 is 0 Å². The first-order chi connectivity index (χ1) is 8.99. The SMILES string of the molecule is COC1C(c2cc(C)c(=O)[nH]c2C)OC(CO)C1O. The molecule has 1 fully saturated rings. The summed E-state index contributed by atoms with van der Waals surface area (Å²) in [7, 11) is 1.48. The van der Waals surface area contributed by atoms with Crippen molar-refractivity contribution in [3.05, 3.63) is 33.2 Å². The molecule has 6 heteroatoms. The number of H-pyrrole nitrogens is 1. The highest BCUT2D eigenvalue weighted by Crippen LogP contribution is 2.36. The highest BCUT2D eigenvalue weighted by atomic mass is 16.6. The average molecular weight is 269 g/mol. The molecule has 0 saturated carbocycles. The molecule has 1 aromatic rings. The third-order valence-corrected chi connectivity index (χ3v) is 3.56. The molecular weight excluding hydrogens is 250 g/mol. The van der Waals surface area contributed by atoms with Crippen molar-refractivity contribution in [1.82, 2.24) is 4.98 Å². The predicted molar refractivity (Wildman–Crippen MR) is 68.0 cm³/mol. The largest absolute Gasteiger partial charge is 0.394 e. The number of rotatable bonds is 3. The van der Waals surface area contributed by atoms with Gasteiger partial charge in [-0.3, -0.25) is 4.79 Å². The standard InChI is InChI=1S/C13H19NO5/c1-6-4-8(7(2)14-13(6)17)11-12(18-3)10(16)9(5-15)19-11/h4,9-12,15-16H,5H2,1-3H3,(H,14,17). The quantitative estimate of drug-likeness (QED) is 0.707.